The lowest BCUT2D eigenvalue weighted by Crippen LogP contribution is -2.23. The van der Waals surface area contributed by atoms with E-state index >= 15 is 0 Å². The Morgan fingerprint density at radius 1 is 0.871 bits per heavy atom. The summed E-state index contributed by atoms with van der Waals surface area (Å²) in [6.45, 7) is 6.45. The summed E-state index contributed by atoms with van der Waals surface area (Å²) in [5.74, 6) is 0.709. The molecule has 0 unspecified atom stereocenters. The van der Waals surface area contributed by atoms with Gasteiger partial charge in [-0.25, -0.2) is 4.98 Å². The Kier molecular flexibility index (Phi) is 6.08. The van der Waals surface area contributed by atoms with E-state index in [0.717, 1.165) is 28.3 Å². The SMILES string of the molecule is C=C(C)C(=O)NCc1nc(-c2ccccc2)n(Cc2ccccc2)c1-c1ccccc1. The number of nitrogens with zero attached hydrogens (tertiary/aromatic N) is 2. The number of hydrogen-bond donors (Lipinski definition) is 1. The van der Waals surface area contributed by atoms with E-state index in [-0.39, 0.29) is 5.91 Å². The van der Waals surface area contributed by atoms with Crippen LogP contribution in [-0.4, -0.2) is 15.5 Å². The first kappa shape index (κ1) is 20.4. The highest BCUT2D eigenvalue weighted by Gasteiger charge is 2.20. The van der Waals surface area contributed by atoms with Gasteiger partial charge >= 0.3 is 0 Å². The molecule has 0 fully saturated rings. The van der Waals surface area contributed by atoms with Crippen LogP contribution in [0.25, 0.3) is 22.6 Å². The Labute approximate surface area is 182 Å². The molecule has 0 radical (unpaired) electrons. The fraction of sp³-hybridized carbons (Fsp3) is 0.111. The van der Waals surface area contributed by atoms with Crippen LogP contribution in [0.15, 0.2) is 103 Å². The molecule has 0 aliphatic carbocycles. The lowest BCUT2D eigenvalue weighted by molar-refractivity contribution is -0.117. The zero-order chi connectivity index (χ0) is 21.6. The third-order valence-corrected chi connectivity index (χ3v) is 5.11. The Bertz CT molecular complexity index is 1180. The van der Waals surface area contributed by atoms with Gasteiger partial charge in [0, 0.05) is 23.2 Å². The summed E-state index contributed by atoms with van der Waals surface area (Å²) in [6.07, 6.45) is 0. The second-order valence-electron chi connectivity index (χ2n) is 7.50. The van der Waals surface area contributed by atoms with Crippen molar-refractivity contribution < 1.29 is 4.79 Å². The minimum Gasteiger partial charge on any atom is -0.347 e. The zero-order valence-electron chi connectivity index (χ0n) is 17.6. The van der Waals surface area contributed by atoms with Crippen LogP contribution in [0, 0.1) is 0 Å². The summed E-state index contributed by atoms with van der Waals surface area (Å²) in [6, 6.07) is 30.7. The molecule has 0 aliphatic rings. The minimum atomic E-state index is -0.169. The molecule has 31 heavy (non-hydrogen) atoms. The summed E-state index contributed by atoms with van der Waals surface area (Å²) in [5.41, 5.74) is 5.60. The predicted octanol–water partition coefficient (Wildman–Crippen LogP) is 5.46. The molecule has 0 atom stereocenters. The van der Waals surface area contributed by atoms with Crippen LogP contribution in [0.3, 0.4) is 0 Å². The molecule has 0 saturated carbocycles. The topological polar surface area (TPSA) is 46.9 Å². The minimum absolute atomic E-state index is 0.169. The Morgan fingerprint density at radius 2 is 1.42 bits per heavy atom. The fourth-order valence-corrected chi connectivity index (χ4v) is 3.59. The van der Waals surface area contributed by atoms with Crippen molar-refractivity contribution in [3.63, 3.8) is 0 Å². The van der Waals surface area contributed by atoms with E-state index in [1.165, 1.54) is 5.56 Å². The van der Waals surface area contributed by atoms with E-state index in [1.54, 1.807) is 6.92 Å². The van der Waals surface area contributed by atoms with E-state index in [2.05, 4.69) is 52.9 Å². The first-order valence-electron chi connectivity index (χ1n) is 10.3. The Balaban J connectivity index is 1.88. The van der Waals surface area contributed by atoms with Gasteiger partial charge in [0.1, 0.15) is 5.82 Å². The first-order valence-corrected chi connectivity index (χ1v) is 10.3. The average Bonchev–Trinajstić information content (AvgIpc) is 3.17. The molecular formula is C27H25N3O. The molecule has 0 saturated heterocycles. The molecule has 1 N–H and O–H groups in total. The van der Waals surface area contributed by atoms with E-state index in [9.17, 15) is 4.79 Å². The standard InChI is InChI=1S/C27H25N3O/c1-20(2)27(31)28-18-24-25(22-14-8-4-9-15-22)30(19-21-12-6-3-7-13-21)26(29-24)23-16-10-5-11-17-23/h3-17H,1,18-19H2,2H3,(H,28,31). The maximum absolute atomic E-state index is 12.2. The largest absolute Gasteiger partial charge is 0.347 e. The van der Waals surface area contributed by atoms with Crippen molar-refractivity contribution in [1.29, 1.82) is 0 Å². The summed E-state index contributed by atoms with van der Waals surface area (Å²) < 4.78 is 2.24. The van der Waals surface area contributed by atoms with E-state index in [0.29, 0.717) is 18.7 Å². The lowest BCUT2D eigenvalue weighted by Gasteiger charge is -2.14. The second kappa shape index (κ2) is 9.26. The van der Waals surface area contributed by atoms with Crippen molar-refractivity contribution in [1.82, 2.24) is 14.9 Å². The van der Waals surface area contributed by atoms with E-state index < -0.39 is 0 Å². The van der Waals surface area contributed by atoms with Crippen LogP contribution >= 0.6 is 0 Å². The maximum Gasteiger partial charge on any atom is 0.246 e. The van der Waals surface area contributed by atoms with Crippen molar-refractivity contribution >= 4 is 5.91 Å². The third-order valence-electron chi connectivity index (χ3n) is 5.11. The Hall–Kier alpha value is -3.92. The normalized spacial score (nSPS) is 10.6. The van der Waals surface area contributed by atoms with Crippen molar-refractivity contribution in [3.8, 4) is 22.6 Å². The van der Waals surface area contributed by atoms with Crippen LogP contribution in [-0.2, 0) is 17.9 Å². The molecule has 4 heteroatoms. The summed E-state index contributed by atoms with van der Waals surface area (Å²) in [4.78, 5) is 17.2. The molecule has 1 heterocycles. The van der Waals surface area contributed by atoms with Crippen molar-refractivity contribution in [3.05, 3.63) is 114 Å². The van der Waals surface area contributed by atoms with Crippen molar-refractivity contribution in [2.24, 2.45) is 0 Å². The smallest absolute Gasteiger partial charge is 0.246 e. The molecule has 0 aliphatic heterocycles. The van der Waals surface area contributed by atoms with Gasteiger partial charge in [0.05, 0.1) is 17.9 Å². The lowest BCUT2D eigenvalue weighted by atomic mass is 10.1. The highest BCUT2D eigenvalue weighted by Crippen LogP contribution is 2.31. The molecule has 1 amide bonds. The average molecular weight is 408 g/mol. The predicted molar refractivity (Wildman–Crippen MR) is 125 cm³/mol. The van der Waals surface area contributed by atoms with Gasteiger partial charge in [0.15, 0.2) is 0 Å². The van der Waals surface area contributed by atoms with Gasteiger partial charge in [0.2, 0.25) is 5.91 Å². The van der Waals surface area contributed by atoms with Crippen LogP contribution in [0.4, 0.5) is 0 Å². The Morgan fingerprint density at radius 3 is 2.00 bits per heavy atom. The molecule has 4 nitrogen and oxygen atoms in total. The van der Waals surface area contributed by atoms with Gasteiger partial charge in [-0.3, -0.25) is 4.79 Å². The number of rotatable bonds is 7. The van der Waals surface area contributed by atoms with Crippen LogP contribution in [0.1, 0.15) is 18.2 Å². The zero-order valence-corrected chi connectivity index (χ0v) is 17.6. The summed E-state index contributed by atoms with van der Waals surface area (Å²) in [5, 5.41) is 2.95. The number of nitrogens with one attached hydrogen (secondary N) is 1. The molecule has 4 rings (SSSR count). The molecule has 0 bridgehead atoms. The van der Waals surface area contributed by atoms with E-state index in [4.69, 9.17) is 4.98 Å². The number of benzene rings is 3. The molecule has 3 aromatic carbocycles. The fourth-order valence-electron chi connectivity index (χ4n) is 3.59. The highest BCUT2D eigenvalue weighted by molar-refractivity contribution is 5.92. The number of aromatic nitrogens is 2. The highest BCUT2D eigenvalue weighted by atomic mass is 16.1. The van der Waals surface area contributed by atoms with Gasteiger partial charge in [-0.05, 0) is 12.5 Å². The van der Waals surface area contributed by atoms with Crippen molar-refractivity contribution in [2.75, 3.05) is 0 Å². The molecule has 1 aromatic heterocycles. The van der Waals surface area contributed by atoms with Gasteiger partial charge < -0.3 is 9.88 Å². The molecular weight excluding hydrogens is 382 g/mol. The van der Waals surface area contributed by atoms with Crippen LogP contribution in [0.2, 0.25) is 0 Å². The van der Waals surface area contributed by atoms with Crippen molar-refractivity contribution in [2.45, 2.75) is 20.0 Å². The number of carbonyl (C=O) groups excluding carboxylic acids is 1. The number of hydrogen-bond acceptors (Lipinski definition) is 2. The van der Waals surface area contributed by atoms with Crippen LogP contribution < -0.4 is 5.32 Å². The first-order chi connectivity index (χ1) is 15.1. The monoisotopic (exact) mass is 407 g/mol. The number of carbonyl (C=O) groups is 1. The number of amides is 1. The molecule has 0 spiro atoms. The molecule has 154 valence electrons. The maximum atomic E-state index is 12.2. The van der Waals surface area contributed by atoms with Crippen LogP contribution in [0.5, 0.6) is 0 Å². The molecule has 4 aromatic rings. The van der Waals surface area contributed by atoms with Gasteiger partial charge in [-0.1, -0.05) is 97.6 Å². The quantitative estimate of drug-likeness (QED) is 0.414. The van der Waals surface area contributed by atoms with Gasteiger partial charge in [-0.15, -0.1) is 0 Å². The second-order valence-corrected chi connectivity index (χ2v) is 7.50. The van der Waals surface area contributed by atoms with Gasteiger partial charge in [-0.2, -0.15) is 0 Å². The summed E-state index contributed by atoms with van der Waals surface area (Å²) >= 11 is 0. The summed E-state index contributed by atoms with van der Waals surface area (Å²) in [7, 11) is 0. The third kappa shape index (κ3) is 4.64. The number of imidazole rings is 1. The van der Waals surface area contributed by atoms with E-state index in [1.807, 2.05) is 54.6 Å². The van der Waals surface area contributed by atoms with Gasteiger partial charge in [0.25, 0.3) is 0 Å².